The number of carboxylic acid groups (broad SMARTS) is 1. The molecule has 0 aliphatic heterocycles. The molecule has 0 radical (unpaired) electrons. The van der Waals surface area contributed by atoms with Crippen LogP contribution in [0, 0.1) is 6.92 Å². The van der Waals surface area contributed by atoms with Gasteiger partial charge in [0.05, 0.1) is 17.5 Å². The number of aliphatic carboxylic acids is 1. The lowest BCUT2D eigenvalue weighted by Crippen LogP contribution is -2.03. The Kier molecular flexibility index (Phi) is 3.23. The van der Waals surface area contributed by atoms with E-state index >= 15 is 0 Å². The SMILES string of the molecule is Cc1cccnc1C(=Cc1cnn(C)c1)C(=O)O. The van der Waals surface area contributed by atoms with Crippen LogP contribution in [0.1, 0.15) is 16.8 Å². The number of carbonyl (C=O) groups is 1. The maximum Gasteiger partial charge on any atom is 0.337 e. The van der Waals surface area contributed by atoms with Crippen LogP contribution in [0.5, 0.6) is 0 Å². The van der Waals surface area contributed by atoms with E-state index in [0.29, 0.717) is 5.69 Å². The van der Waals surface area contributed by atoms with Gasteiger partial charge in [-0.3, -0.25) is 9.67 Å². The van der Waals surface area contributed by atoms with Crippen LogP contribution in [0.4, 0.5) is 0 Å². The molecular formula is C13H13N3O2. The highest BCUT2D eigenvalue weighted by atomic mass is 16.4. The van der Waals surface area contributed by atoms with E-state index in [-0.39, 0.29) is 5.57 Å². The van der Waals surface area contributed by atoms with Gasteiger partial charge in [-0.1, -0.05) is 6.07 Å². The second-order valence-corrected chi connectivity index (χ2v) is 3.98. The average molecular weight is 243 g/mol. The number of aromatic nitrogens is 3. The van der Waals surface area contributed by atoms with Gasteiger partial charge >= 0.3 is 5.97 Å². The van der Waals surface area contributed by atoms with E-state index in [1.54, 1.807) is 42.5 Å². The zero-order valence-corrected chi connectivity index (χ0v) is 10.2. The lowest BCUT2D eigenvalue weighted by molar-refractivity contribution is -0.130. The van der Waals surface area contributed by atoms with Crippen molar-refractivity contribution in [1.82, 2.24) is 14.8 Å². The quantitative estimate of drug-likeness (QED) is 0.834. The molecule has 0 amide bonds. The van der Waals surface area contributed by atoms with E-state index in [0.717, 1.165) is 11.1 Å². The molecule has 0 unspecified atom stereocenters. The first-order valence-corrected chi connectivity index (χ1v) is 5.43. The first kappa shape index (κ1) is 12.0. The summed E-state index contributed by atoms with van der Waals surface area (Å²) in [5, 5.41) is 13.3. The van der Waals surface area contributed by atoms with Crippen molar-refractivity contribution in [1.29, 1.82) is 0 Å². The smallest absolute Gasteiger partial charge is 0.337 e. The molecule has 0 aliphatic rings. The zero-order valence-electron chi connectivity index (χ0n) is 10.2. The molecule has 2 aromatic heterocycles. The number of nitrogens with zero attached hydrogens (tertiary/aromatic N) is 3. The van der Waals surface area contributed by atoms with Gasteiger partial charge in [-0.05, 0) is 24.6 Å². The Morgan fingerprint density at radius 1 is 1.50 bits per heavy atom. The fourth-order valence-corrected chi connectivity index (χ4v) is 1.68. The Morgan fingerprint density at radius 3 is 2.83 bits per heavy atom. The van der Waals surface area contributed by atoms with Crippen LogP contribution >= 0.6 is 0 Å². The van der Waals surface area contributed by atoms with Gasteiger partial charge in [0.2, 0.25) is 0 Å². The maximum absolute atomic E-state index is 11.3. The minimum Gasteiger partial charge on any atom is -0.478 e. The summed E-state index contributed by atoms with van der Waals surface area (Å²) in [7, 11) is 1.78. The molecule has 0 saturated carbocycles. The van der Waals surface area contributed by atoms with Crippen LogP contribution in [0.25, 0.3) is 11.6 Å². The Morgan fingerprint density at radius 2 is 2.28 bits per heavy atom. The number of pyridine rings is 1. The molecule has 0 aromatic carbocycles. The molecule has 5 heteroatoms. The molecule has 2 rings (SSSR count). The highest BCUT2D eigenvalue weighted by Crippen LogP contribution is 2.19. The van der Waals surface area contributed by atoms with Gasteiger partial charge < -0.3 is 5.11 Å². The third-order valence-corrected chi connectivity index (χ3v) is 2.53. The third-order valence-electron chi connectivity index (χ3n) is 2.53. The molecule has 0 aliphatic carbocycles. The average Bonchev–Trinajstić information content (AvgIpc) is 2.73. The van der Waals surface area contributed by atoms with E-state index in [1.165, 1.54) is 0 Å². The molecule has 18 heavy (non-hydrogen) atoms. The standard InChI is InChI=1S/C13H13N3O2/c1-9-4-3-5-14-12(9)11(13(17)18)6-10-7-15-16(2)8-10/h3-8H,1-2H3,(H,17,18). The number of rotatable bonds is 3. The van der Waals surface area contributed by atoms with Gasteiger partial charge in [0.15, 0.2) is 0 Å². The van der Waals surface area contributed by atoms with Gasteiger partial charge in [-0.15, -0.1) is 0 Å². The van der Waals surface area contributed by atoms with Crippen molar-refractivity contribution in [3.8, 4) is 0 Å². The topological polar surface area (TPSA) is 68.0 Å². The Labute approximate surface area is 104 Å². The van der Waals surface area contributed by atoms with E-state index in [4.69, 9.17) is 0 Å². The first-order valence-electron chi connectivity index (χ1n) is 5.43. The Hall–Kier alpha value is -2.43. The van der Waals surface area contributed by atoms with Crippen molar-refractivity contribution < 1.29 is 9.90 Å². The summed E-state index contributed by atoms with van der Waals surface area (Å²) in [5.74, 6) is -0.999. The third kappa shape index (κ3) is 2.45. The second kappa shape index (κ2) is 4.83. The van der Waals surface area contributed by atoms with Crippen LogP contribution in [0.2, 0.25) is 0 Å². The molecule has 2 heterocycles. The highest BCUT2D eigenvalue weighted by Gasteiger charge is 2.14. The van der Waals surface area contributed by atoms with E-state index in [9.17, 15) is 9.90 Å². The summed E-state index contributed by atoms with van der Waals surface area (Å²) < 4.78 is 1.62. The van der Waals surface area contributed by atoms with Gasteiger partial charge in [0.1, 0.15) is 0 Å². The molecule has 0 spiro atoms. The maximum atomic E-state index is 11.3. The number of carboxylic acids is 1. The molecule has 0 fully saturated rings. The second-order valence-electron chi connectivity index (χ2n) is 3.98. The predicted molar refractivity (Wildman–Crippen MR) is 67.7 cm³/mol. The molecule has 0 atom stereocenters. The molecule has 2 aromatic rings. The number of hydrogen-bond donors (Lipinski definition) is 1. The lowest BCUT2D eigenvalue weighted by atomic mass is 10.1. The van der Waals surface area contributed by atoms with Crippen molar-refractivity contribution in [2.45, 2.75) is 6.92 Å². The van der Waals surface area contributed by atoms with Gasteiger partial charge in [-0.25, -0.2) is 4.79 Å². The number of aryl methyl sites for hydroxylation is 2. The molecule has 0 bridgehead atoms. The van der Waals surface area contributed by atoms with Crippen LogP contribution in [0.3, 0.4) is 0 Å². The summed E-state index contributed by atoms with van der Waals surface area (Å²) in [5.41, 5.74) is 2.21. The van der Waals surface area contributed by atoms with Crippen molar-refractivity contribution in [3.63, 3.8) is 0 Å². The largest absolute Gasteiger partial charge is 0.478 e. The van der Waals surface area contributed by atoms with Crippen LogP contribution in [0.15, 0.2) is 30.7 Å². The summed E-state index contributed by atoms with van der Waals surface area (Å²) in [6.45, 7) is 1.84. The minimum absolute atomic E-state index is 0.168. The fourth-order valence-electron chi connectivity index (χ4n) is 1.68. The monoisotopic (exact) mass is 243 g/mol. The molecule has 92 valence electrons. The normalized spacial score (nSPS) is 11.6. The Balaban J connectivity index is 2.50. The van der Waals surface area contributed by atoms with Gasteiger partial charge in [0.25, 0.3) is 0 Å². The van der Waals surface area contributed by atoms with Gasteiger partial charge in [-0.2, -0.15) is 5.10 Å². The van der Waals surface area contributed by atoms with Crippen molar-refractivity contribution in [2.75, 3.05) is 0 Å². The summed E-state index contributed by atoms with van der Waals surface area (Å²) in [4.78, 5) is 15.5. The summed E-state index contributed by atoms with van der Waals surface area (Å²) in [6, 6.07) is 3.62. The zero-order chi connectivity index (χ0) is 13.1. The van der Waals surface area contributed by atoms with E-state index in [1.807, 2.05) is 13.0 Å². The fraction of sp³-hybridized carbons (Fsp3) is 0.154. The molecular weight excluding hydrogens is 230 g/mol. The van der Waals surface area contributed by atoms with Crippen LogP contribution in [-0.2, 0) is 11.8 Å². The van der Waals surface area contributed by atoms with Crippen molar-refractivity contribution in [3.05, 3.63) is 47.5 Å². The van der Waals surface area contributed by atoms with Crippen LogP contribution < -0.4 is 0 Å². The van der Waals surface area contributed by atoms with Crippen LogP contribution in [-0.4, -0.2) is 25.8 Å². The first-order chi connectivity index (χ1) is 8.58. The van der Waals surface area contributed by atoms with E-state index < -0.39 is 5.97 Å². The van der Waals surface area contributed by atoms with E-state index in [2.05, 4.69) is 10.1 Å². The minimum atomic E-state index is -0.999. The van der Waals surface area contributed by atoms with Crippen molar-refractivity contribution >= 4 is 17.6 Å². The predicted octanol–water partition coefficient (Wildman–Crippen LogP) is 1.75. The Bertz CT molecular complexity index is 614. The molecule has 1 N–H and O–H groups in total. The molecule has 5 nitrogen and oxygen atoms in total. The molecule has 0 saturated heterocycles. The summed E-state index contributed by atoms with van der Waals surface area (Å²) in [6.07, 6.45) is 6.52. The van der Waals surface area contributed by atoms with Crippen molar-refractivity contribution in [2.24, 2.45) is 7.05 Å². The summed E-state index contributed by atoms with van der Waals surface area (Å²) >= 11 is 0. The highest BCUT2D eigenvalue weighted by molar-refractivity contribution is 6.20. The van der Waals surface area contributed by atoms with Gasteiger partial charge in [0, 0.05) is 25.0 Å². The number of hydrogen-bond acceptors (Lipinski definition) is 3. The lowest BCUT2D eigenvalue weighted by Gasteiger charge is -2.04.